The lowest BCUT2D eigenvalue weighted by atomic mass is 10.1. The highest BCUT2D eigenvalue weighted by Crippen LogP contribution is 2.24. The second-order valence-corrected chi connectivity index (χ2v) is 4.18. The fourth-order valence-electron chi connectivity index (χ4n) is 1.34. The van der Waals surface area contributed by atoms with Gasteiger partial charge in [-0.3, -0.25) is 4.79 Å². The maximum Gasteiger partial charge on any atom is 0.253 e. The van der Waals surface area contributed by atoms with Crippen LogP contribution in [-0.4, -0.2) is 11.0 Å². The first-order valence-corrected chi connectivity index (χ1v) is 5.24. The molecular formula is C9H7BrN2OS. The molecule has 72 valence electrons. The average molecular weight is 271 g/mol. The number of benzene rings is 1. The molecule has 0 bridgehead atoms. The van der Waals surface area contributed by atoms with Gasteiger partial charge in [-0.05, 0) is 23.8 Å². The summed E-state index contributed by atoms with van der Waals surface area (Å²) in [5.74, 6) is -0.109. The lowest BCUT2D eigenvalue weighted by molar-refractivity contribution is -0.120. The van der Waals surface area contributed by atoms with Gasteiger partial charge in [0.25, 0.3) is 5.91 Å². The van der Waals surface area contributed by atoms with Gasteiger partial charge in [-0.1, -0.05) is 34.1 Å². The van der Waals surface area contributed by atoms with E-state index in [1.54, 1.807) is 0 Å². The Kier molecular flexibility index (Phi) is 2.52. The van der Waals surface area contributed by atoms with Gasteiger partial charge in [-0.15, -0.1) is 0 Å². The van der Waals surface area contributed by atoms with Gasteiger partial charge in [-0.2, -0.15) is 0 Å². The summed E-state index contributed by atoms with van der Waals surface area (Å²) in [4.78, 5) is 11.5. The predicted molar refractivity (Wildman–Crippen MR) is 60.8 cm³/mol. The summed E-state index contributed by atoms with van der Waals surface area (Å²) in [6.07, 6.45) is 0. The molecule has 1 aromatic carbocycles. The van der Waals surface area contributed by atoms with Crippen LogP contribution >= 0.6 is 28.1 Å². The second kappa shape index (κ2) is 3.67. The number of amides is 1. The second-order valence-electron chi connectivity index (χ2n) is 2.92. The molecule has 0 aromatic heterocycles. The quantitative estimate of drug-likeness (QED) is 0.760. The fraction of sp³-hybridized carbons (Fsp3) is 0.111. The number of halogens is 1. The smallest absolute Gasteiger partial charge is 0.253 e. The van der Waals surface area contributed by atoms with E-state index >= 15 is 0 Å². The van der Waals surface area contributed by atoms with E-state index in [1.807, 2.05) is 24.3 Å². The van der Waals surface area contributed by atoms with Crippen LogP contribution in [0.1, 0.15) is 11.6 Å². The molecule has 5 heteroatoms. The van der Waals surface area contributed by atoms with E-state index in [-0.39, 0.29) is 11.9 Å². The van der Waals surface area contributed by atoms with Gasteiger partial charge in [-0.25, -0.2) is 0 Å². The molecule has 1 saturated heterocycles. The lowest BCUT2D eigenvalue weighted by Crippen LogP contribution is -2.21. The Bertz CT molecular complexity index is 408. The van der Waals surface area contributed by atoms with E-state index in [1.165, 1.54) is 0 Å². The Labute approximate surface area is 95.0 Å². The van der Waals surface area contributed by atoms with Crippen LogP contribution in [0.2, 0.25) is 0 Å². The number of thiocarbonyl (C=S) groups is 1. The monoisotopic (exact) mass is 270 g/mol. The summed E-state index contributed by atoms with van der Waals surface area (Å²) in [6.45, 7) is 0. The van der Waals surface area contributed by atoms with Crippen LogP contribution in [-0.2, 0) is 4.79 Å². The predicted octanol–water partition coefficient (Wildman–Crippen LogP) is 1.49. The molecule has 14 heavy (non-hydrogen) atoms. The van der Waals surface area contributed by atoms with E-state index in [9.17, 15) is 4.79 Å². The van der Waals surface area contributed by atoms with Crippen molar-refractivity contribution in [2.45, 2.75) is 6.04 Å². The molecule has 1 aliphatic heterocycles. The minimum atomic E-state index is -0.377. The van der Waals surface area contributed by atoms with Gasteiger partial charge < -0.3 is 10.6 Å². The molecule has 1 amide bonds. The van der Waals surface area contributed by atoms with Crippen LogP contribution in [0.15, 0.2) is 28.7 Å². The number of carbonyl (C=O) groups is 1. The van der Waals surface area contributed by atoms with E-state index in [0.29, 0.717) is 5.11 Å². The molecule has 1 atom stereocenters. The largest absolute Gasteiger partial charge is 0.347 e. The molecule has 1 fully saturated rings. The molecule has 0 spiro atoms. The Morgan fingerprint density at radius 1 is 1.36 bits per heavy atom. The van der Waals surface area contributed by atoms with Gasteiger partial charge in [0, 0.05) is 4.47 Å². The fourth-order valence-corrected chi connectivity index (χ4v) is 2.08. The van der Waals surface area contributed by atoms with Crippen molar-refractivity contribution in [1.29, 1.82) is 0 Å². The molecule has 1 aromatic rings. The van der Waals surface area contributed by atoms with Crippen molar-refractivity contribution < 1.29 is 4.79 Å². The minimum absolute atomic E-state index is 0.109. The lowest BCUT2D eigenvalue weighted by Gasteiger charge is -2.09. The standard InChI is InChI=1S/C9H7BrN2OS/c10-6-4-2-1-3-5(6)7-8(13)12-9(14)11-7/h1-4,7H,(H2,11,12,13,14). The Balaban J connectivity index is 2.36. The van der Waals surface area contributed by atoms with Crippen LogP contribution in [0.3, 0.4) is 0 Å². The summed E-state index contributed by atoms with van der Waals surface area (Å²) >= 11 is 8.25. The number of nitrogens with one attached hydrogen (secondary N) is 2. The number of hydrogen-bond donors (Lipinski definition) is 2. The van der Waals surface area contributed by atoms with Crippen LogP contribution in [0, 0.1) is 0 Å². The van der Waals surface area contributed by atoms with Crippen LogP contribution in [0.4, 0.5) is 0 Å². The van der Waals surface area contributed by atoms with Crippen LogP contribution in [0.5, 0.6) is 0 Å². The van der Waals surface area contributed by atoms with Crippen LogP contribution < -0.4 is 10.6 Å². The number of rotatable bonds is 1. The third kappa shape index (κ3) is 1.65. The summed E-state index contributed by atoms with van der Waals surface area (Å²) in [5.41, 5.74) is 0.893. The van der Waals surface area contributed by atoms with Crippen molar-refractivity contribution in [3.05, 3.63) is 34.3 Å². The summed E-state index contributed by atoms with van der Waals surface area (Å²) in [7, 11) is 0. The van der Waals surface area contributed by atoms with Crippen LogP contribution in [0.25, 0.3) is 0 Å². The molecule has 0 aliphatic carbocycles. The third-order valence-corrected chi connectivity index (χ3v) is 2.93. The van der Waals surface area contributed by atoms with E-state index in [0.717, 1.165) is 10.0 Å². The minimum Gasteiger partial charge on any atom is -0.347 e. The van der Waals surface area contributed by atoms with Gasteiger partial charge >= 0.3 is 0 Å². The molecule has 3 nitrogen and oxygen atoms in total. The summed E-state index contributed by atoms with van der Waals surface area (Å²) in [6, 6.07) is 7.19. The van der Waals surface area contributed by atoms with Crippen molar-refractivity contribution in [2.75, 3.05) is 0 Å². The van der Waals surface area contributed by atoms with Crippen molar-refractivity contribution in [3.63, 3.8) is 0 Å². The van der Waals surface area contributed by atoms with Gasteiger partial charge in [0.1, 0.15) is 6.04 Å². The first kappa shape index (κ1) is 9.61. The molecule has 1 unspecified atom stereocenters. The topological polar surface area (TPSA) is 41.1 Å². The van der Waals surface area contributed by atoms with Gasteiger partial charge in [0.2, 0.25) is 0 Å². The van der Waals surface area contributed by atoms with Crippen molar-refractivity contribution in [2.24, 2.45) is 0 Å². The molecule has 0 saturated carbocycles. The normalized spacial score (nSPS) is 20.5. The van der Waals surface area contributed by atoms with E-state index in [4.69, 9.17) is 12.2 Å². The van der Waals surface area contributed by atoms with E-state index in [2.05, 4.69) is 26.6 Å². The highest BCUT2D eigenvalue weighted by Gasteiger charge is 2.29. The molecule has 0 radical (unpaired) electrons. The highest BCUT2D eigenvalue weighted by atomic mass is 79.9. The van der Waals surface area contributed by atoms with Crippen molar-refractivity contribution in [3.8, 4) is 0 Å². The maximum atomic E-state index is 11.5. The maximum absolute atomic E-state index is 11.5. The molecule has 1 aliphatic rings. The number of hydrogen-bond acceptors (Lipinski definition) is 2. The molecular weight excluding hydrogens is 264 g/mol. The average Bonchev–Trinajstić information content (AvgIpc) is 2.46. The Hall–Kier alpha value is -0.940. The SMILES string of the molecule is O=C1NC(=S)NC1c1ccccc1Br. The highest BCUT2D eigenvalue weighted by molar-refractivity contribution is 9.10. The molecule has 2 rings (SSSR count). The number of carbonyl (C=O) groups excluding carboxylic acids is 1. The zero-order valence-corrected chi connectivity index (χ0v) is 9.48. The van der Waals surface area contributed by atoms with Crippen molar-refractivity contribution in [1.82, 2.24) is 10.6 Å². The summed E-state index contributed by atoms with van der Waals surface area (Å²) in [5, 5.41) is 5.84. The zero-order valence-electron chi connectivity index (χ0n) is 7.08. The molecule has 1 heterocycles. The zero-order chi connectivity index (χ0) is 10.1. The van der Waals surface area contributed by atoms with Gasteiger partial charge in [0.15, 0.2) is 5.11 Å². The third-order valence-electron chi connectivity index (χ3n) is 1.99. The van der Waals surface area contributed by atoms with Gasteiger partial charge in [0.05, 0.1) is 0 Å². The Morgan fingerprint density at radius 3 is 2.64 bits per heavy atom. The van der Waals surface area contributed by atoms with Crippen molar-refractivity contribution >= 4 is 39.2 Å². The Morgan fingerprint density at radius 2 is 2.07 bits per heavy atom. The molecule has 2 N–H and O–H groups in total. The van der Waals surface area contributed by atoms with E-state index < -0.39 is 0 Å². The summed E-state index contributed by atoms with van der Waals surface area (Å²) < 4.78 is 0.900. The first-order valence-electron chi connectivity index (χ1n) is 4.04. The first-order chi connectivity index (χ1) is 6.68.